The summed E-state index contributed by atoms with van der Waals surface area (Å²) in [6.07, 6.45) is 13.1. The van der Waals surface area contributed by atoms with Gasteiger partial charge in [-0.2, -0.15) is 36.9 Å². The van der Waals surface area contributed by atoms with E-state index in [1.54, 1.807) is 13.8 Å². The molecule has 0 spiro atoms. The maximum Gasteiger partial charge on any atom is 1.00 e. The average molecular weight is 2450 g/mol. The van der Waals surface area contributed by atoms with E-state index in [0.717, 1.165) is 169 Å². The predicted octanol–water partition coefficient (Wildman–Crippen LogP) is 20.5. The fourth-order valence-electron chi connectivity index (χ4n) is 13.3. The minimum atomic E-state index is -4.88. The number of alkyl halides is 7. The molecule has 0 aliphatic carbocycles. The third-order valence-electron chi connectivity index (χ3n) is 20.1. The first-order chi connectivity index (χ1) is 66.5. The SMILES string of the molecule is BrCc1cccc(Br)c1.C.C.C#CC(O)(CCC)CCC.C1CCOC1.CC(C)(C#N)Cc1cccc(Br)c1.CC(C)(CNC(=O)C(F)(F)F)Cc1cccc(Br)c1.CC(C)(CNC(=O)OC(C)(C)C)Cc1cccc(Br)c1.CC(C)C#N.CCCC(O)(C#Cc1cccc(CC(C)(C)CN)c1)CCC.CCCC(O)(C#Cc1cccc(CC(C)(C)CNC(=O)C(F)(F)F)c1)CCC.CO.O.O=CO[O-].[B]C1CCCO1.[H-].[K+].[K+]. The molecule has 20 nitrogen and oxygen atoms in total. The van der Waals surface area contributed by atoms with E-state index in [-0.39, 0.29) is 178 Å². The van der Waals surface area contributed by atoms with Crippen molar-refractivity contribution in [2.45, 2.75) is 341 Å². The van der Waals surface area contributed by atoms with Crippen molar-refractivity contribution in [2.75, 3.05) is 53.1 Å². The summed E-state index contributed by atoms with van der Waals surface area (Å²) in [5.74, 6) is 11.1. The molecule has 0 saturated carbocycles. The molecule has 1 unspecified atom stereocenters. The molecule has 8 rings (SSSR count). The Morgan fingerprint density at radius 2 is 0.811 bits per heavy atom. The first-order valence-electron chi connectivity index (χ1n) is 48.3. The molecule has 6 aromatic rings. The molecular formula is C114H172BBr5F6K2N6O14. The van der Waals surface area contributed by atoms with Gasteiger partial charge < -0.3 is 73.4 Å². The van der Waals surface area contributed by atoms with Crippen LogP contribution in [0.3, 0.4) is 0 Å². The molecule has 2 fully saturated rings. The Morgan fingerprint density at radius 3 is 1.04 bits per heavy atom. The summed E-state index contributed by atoms with van der Waals surface area (Å²) in [7, 11) is 6.31. The number of halogens is 11. The van der Waals surface area contributed by atoms with Crippen molar-refractivity contribution in [1.29, 1.82) is 10.5 Å². The number of hydrogen-bond donors (Lipinski definition) is 8. The summed E-state index contributed by atoms with van der Waals surface area (Å²) < 4.78 is 92.6. The van der Waals surface area contributed by atoms with Crippen LogP contribution < -0.4 is 130 Å². The van der Waals surface area contributed by atoms with E-state index < -0.39 is 57.4 Å². The van der Waals surface area contributed by atoms with Crippen LogP contribution in [0.15, 0.2) is 163 Å². The Hall–Kier alpha value is -4.38. The van der Waals surface area contributed by atoms with Gasteiger partial charge in [-0.05, 0) is 279 Å². The number of ether oxygens (including phenoxy) is 3. The van der Waals surface area contributed by atoms with Crippen LogP contribution in [0, 0.1) is 91.7 Å². The molecule has 6 aromatic carbocycles. The predicted molar refractivity (Wildman–Crippen MR) is 602 cm³/mol. The number of benzene rings is 6. The number of rotatable bonds is 31. The smallest absolute Gasteiger partial charge is 1.00 e. The minimum absolute atomic E-state index is 0. The number of terminal acetylenes is 1. The number of carbonyl (C=O) groups excluding carboxylic acids is 4. The van der Waals surface area contributed by atoms with Crippen molar-refractivity contribution in [3.8, 4) is 48.2 Å². The second-order valence-corrected chi connectivity index (χ2v) is 43.8. The molecule has 824 valence electrons. The van der Waals surface area contributed by atoms with Gasteiger partial charge >= 0.3 is 133 Å². The van der Waals surface area contributed by atoms with Gasteiger partial charge in [-0.15, -0.1) is 6.42 Å². The van der Waals surface area contributed by atoms with Gasteiger partial charge in [0.1, 0.15) is 30.3 Å². The number of hydrogen-bond acceptors (Lipinski definition) is 16. The van der Waals surface area contributed by atoms with Crippen molar-refractivity contribution in [1.82, 2.24) is 16.0 Å². The van der Waals surface area contributed by atoms with E-state index in [9.17, 15) is 56.0 Å². The van der Waals surface area contributed by atoms with Gasteiger partial charge in [-0.3, -0.25) is 14.4 Å². The second kappa shape index (κ2) is 87.7. The van der Waals surface area contributed by atoms with Gasteiger partial charge in [-0.1, -0.05) is 332 Å². The van der Waals surface area contributed by atoms with Crippen LogP contribution in [0.4, 0.5) is 31.1 Å². The van der Waals surface area contributed by atoms with Crippen molar-refractivity contribution in [2.24, 2.45) is 38.7 Å². The molecule has 148 heavy (non-hydrogen) atoms. The fourth-order valence-corrected chi connectivity index (χ4v) is 15.4. The summed E-state index contributed by atoms with van der Waals surface area (Å²) in [6.45, 7) is 45.0. The maximum absolute atomic E-state index is 12.3. The number of aliphatic hydroxyl groups excluding tert-OH is 1. The van der Waals surface area contributed by atoms with E-state index >= 15 is 0 Å². The summed E-state index contributed by atoms with van der Waals surface area (Å²) >= 11 is 17.0. The number of amides is 3. The van der Waals surface area contributed by atoms with E-state index in [4.69, 9.17) is 59.9 Å². The normalized spacial score (nSPS) is 12.2. The van der Waals surface area contributed by atoms with Crippen LogP contribution in [-0.2, 0) is 70.9 Å². The third-order valence-corrected chi connectivity index (χ3v) is 22.7. The average Bonchev–Trinajstić information content (AvgIpc) is 1.06. The quantitative estimate of drug-likeness (QED) is 0.00381. The Kier molecular flexibility index (Phi) is 95.5. The summed E-state index contributed by atoms with van der Waals surface area (Å²) in [6, 6.07) is 52.2. The van der Waals surface area contributed by atoms with Crippen molar-refractivity contribution in [3.05, 3.63) is 208 Å². The van der Waals surface area contributed by atoms with Crippen molar-refractivity contribution in [3.63, 3.8) is 0 Å². The topological polar surface area (TPSA) is 350 Å². The van der Waals surface area contributed by atoms with Gasteiger partial charge in [0.05, 0.1) is 17.6 Å². The molecule has 2 saturated heterocycles. The molecule has 2 aliphatic rings. The molecule has 0 aromatic heterocycles. The molecule has 11 N–H and O–H groups in total. The molecule has 0 bridgehead atoms. The van der Waals surface area contributed by atoms with Gasteiger partial charge in [0.2, 0.25) is 0 Å². The molecular weight excluding hydrogens is 2280 g/mol. The Morgan fingerprint density at radius 1 is 0.520 bits per heavy atom. The van der Waals surface area contributed by atoms with Crippen LogP contribution in [0.2, 0.25) is 0 Å². The number of alkyl carbamates (subject to hydrolysis) is 1. The van der Waals surface area contributed by atoms with E-state index in [1.807, 2.05) is 210 Å². The molecule has 2 radical (unpaired) electrons. The molecule has 1 atom stereocenters. The molecule has 34 heteroatoms. The van der Waals surface area contributed by atoms with Crippen LogP contribution in [0.25, 0.3) is 0 Å². The van der Waals surface area contributed by atoms with Crippen LogP contribution in [0.1, 0.15) is 309 Å². The van der Waals surface area contributed by atoms with Crippen LogP contribution >= 0.6 is 79.6 Å². The standard InChI is InChI=1S/C22H30F3NO2.C20H31NO.C16H24BrNO2.C13H15BrF3NO.C11H12BrN.C9H16O.C7H6Br2.C4H7BO.C4H7N.C4H8O.CH2O3.CH4O.2CH4.2K.H2O.H/c1-5-11-21(28,12-6-2)13-10-17-8-7-9-18(14-17)15-20(3,4)16-26-19(27)22(23,24)25;1-5-11-20(22,12-6-2)13-10-17-8-7-9-18(14-17)15-19(3,4)16-21;1-15(2,3)20-14(19)18-11-16(4,5)10-12-7-6-8-13(17)9-12;1-12(2,8-18-11(19)13(15,16)17)7-9-4-3-5-10(14)6-9;1-11(2,8-13)7-9-4-3-5-10(12)6-9;1-4-7-9(10,6-3)8-5-2;8-5-6-2-1-3-7(9)4-6;5-4-2-1-3-6-4;1-4(2)3-5;1-2-4-5-3-1;2-1-4-3;1-2;;;;;;/h7-9,14,28H,5-6,11-12,15-16H2,1-4H3,(H,26,27);7-9,14,22H,5-6,11-12,15-16,21H2,1-4H3;6-9H,10-11H2,1-5H3,(H,18,19);3-6H,7-8H2,1-2H3,(H,18,19);3-6H,7H2,1-2H3;3,10H,4-5,7-8H2,1-2H3;1-4H,5H2;4H,1-3H2;4H,1-2H3;1-4H2;1,3H;2H,1H3;2*1H4;;;1H2;/q;;;;;;;;;;;;;;2*+1;;-1/p-1. The summed E-state index contributed by atoms with van der Waals surface area (Å²) in [4.78, 5) is 44.7. The minimum Gasteiger partial charge on any atom is -1.00 e. The van der Waals surface area contributed by atoms with Gasteiger partial charge in [-0.25, -0.2) is 4.79 Å². The Balaban J connectivity index is -0.000000185. The molecule has 2 aliphatic heterocycles. The monoisotopic (exact) mass is 2450 g/mol. The third kappa shape index (κ3) is 88.8. The first kappa shape index (κ1) is 161. The fraction of sp³-hybridized carbons (Fsp3) is 0.579. The van der Waals surface area contributed by atoms with Crippen molar-refractivity contribution < 1.29 is 200 Å². The first-order valence-corrected chi connectivity index (χ1v) is 52.6. The summed E-state index contributed by atoms with van der Waals surface area (Å²) in [5, 5.41) is 70.6. The van der Waals surface area contributed by atoms with E-state index in [1.165, 1.54) is 35.1 Å². The van der Waals surface area contributed by atoms with Crippen LogP contribution in [0.5, 0.6) is 0 Å². The summed E-state index contributed by atoms with van der Waals surface area (Å²) in [5.41, 5.74) is 10.1. The number of nitrogens with one attached hydrogen (secondary N) is 3. The Bertz CT molecular complexity index is 4790. The number of nitriles is 2. The number of carbonyl (C=O) groups is 4. The van der Waals surface area contributed by atoms with Crippen molar-refractivity contribution >= 4 is 112 Å². The van der Waals surface area contributed by atoms with E-state index in [2.05, 4.69) is 210 Å². The zero-order valence-electron chi connectivity index (χ0n) is 91.8. The van der Waals surface area contributed by atoms with E-state index in [0.29, 0.717) is 38.8 Å². The number of aliphatic hydroxyl groups is 4. The van der Waals surface area contributed by atoms with Gasteiger partial charge in [0.15, 0.2) is 0 Å². The second-order valence-electron chi connectivity index (χ2n) is 39.6. The van der Waals surface area contributed by atoms with Crippen LogP contribution in [-0.4, -0.2) is 152 Å². The van der Waals surface area contributed by atoms with Gasteiger partial charge in [0, 0.05) is 92.8 Å². The Labute approximate surface area is 1020 Å². The largest absolute Gasteiger partial charge is 1.00 e. The zero-order valence-corrected chi connectivity index (χ0v) is 105. The molecule has 2 heterocycles. The van der Waals surface area contributed by atoms with Gasteiger partial charge in [0.25, 0.3) is 6.47 Å². The molecule has 3 amide bonds. The zero-order chi connectivity index (χ0) is 110. The number of nitrogens with zero attached hydrogens (tertiary/aromatic N) is 2. The maximum atomic E-state index is 12.3. The number of nitrogens with two attached hydrogens (primary N) is 1.